The molecule has 14 nitrogen and oxygen atoms in total. The van der Waals surface area contributed by atoms with E-state index in [9.17, 15) is 24.5 Å². The van der Waals surface area contributed by atoms with E-state index in [-0.39, 0.29) is 48.5 Å². The zero-order valence-electron chi connectivity index (χ0n) is 47.0. The normalized spacial score (nSPS) is 25.8. The highest BCUT2D eigenvalue weighted by Gasteiger charge is 2.51. The molecule has 10 atom stereocenters. The van der Waals surface area contributed by atoms with Crippen molar-refractivity contribution in [3.63, 3.8) is 0 Å². The molecule has 408 valence electrons. The van der Waals surface area contributed by atoms with E-state index in [1.165, 1.54) is 31.2 Å². The fourth-order valence-electron chi connectivity index (χ4n) is 10.6. The molecule has 0 aromatic heterocycles. The highest BCUT2D eigenvalue weighted by Crippen LogP contribution is 2.43. The molecule has 1 fully saturated rings. The van der Waals surface area contributed by atoms with Gasteiger partial charge < -0.3 is 37.0 Å². The maximum atomic E-state index is 14.2. The third kappa shape index (κ3) is 17.6. The summed E-state index contributed by atoms with van der Waals surface area (Å²) in [6.45, 7) is 33.4. The number of ether oxygens (including phenoxy) is 5. The van der Waals surface area contributed by atoms with Crippen LogP contribution in [0, 0.1) is 22.0 Å². The van der Waals surface area contributed by atoms with Gasteiger partial charge in [0.2, 0.25) is 0 Å². The smallest absolute Gasteiger partial charge is 0.457 e. The van der Waals surface area contributed by atoms with Crippen molar-refractivity contribution in [3.05, 3.63) is 70.3 Å². The number of nitrogens with zero attached hydrogens (tertiary/aromatic N) is 1. The topological polar surface area (TPSA) is 171 Å². The first kappa shape index (κ1) is 62.8. The molecule has 0 radical (unpaired) electrons. The van der Waals surface area contributed by atoms with Gasteiger partial charge in [0.15, 0.2) is 31.1 Å². The van der Waals surface area contributed by atoms with Crippen LogP contribution in [0.25, 0.3) is 0 Å². The van der Waals surface area contributed by atoms with E-state index in [1.807, 2.05) is 26.0 Å². The summed E-state index contributed by atoms with van der Waals surface area (Å²) >= 11 is 0. The van der Waals surface area contributed by atoms with Crippen molar-refractivity contribution in [2.24, 2.45) is 11.8 Å². The number of carbonyl (C=O) groups excluding carboxylic acids is 3. The van der Waals surface area contributed by atoms with Gasteiger partial charge in [0.1, 0.15) is 17.5 Å². The summed E-state index contributed by atoms with van der Waals surface area (Å²) in [5.74, 6) is -1.17. The van der Waals surface area contributed by atoms with Gasteiger partial charge in [0.25, 0.3) is 5.69 Å². The van der Waals surface area contributed by atoms with Gasteiger partial charge in [0.05, 0.1) is 35.3 Å². The summed E-state index contributed by atoms with van der Waals surface area (Å²) in [6, 6.07) is 13.9. The second kappa shape index (κ2) is 28.4. The van der Waals surface area contributed by atoms with Crippen LogP contribution in [0.5, 0.6) is 5.75 Å². The first-order chi connectivity index (χ1) is 34.0. The van der Waals surface area contributed by atoms with Crippen LogP contribution in [0.4, 0.5) is 10.5 Å². The second-order valence-electron chi connectivity index (χ2n) is 20.9. The molecule has 2 aliphatic rings. The molecular weight excluding hydrogens is 967 g/mol. The van der Waals surface area contributed by atoms with Crippen LogP contribution in [0.3, 0.4) is 0 Å². The molecule has 0 amide bonds. The lowest BCUT2D eigenvalue weighted by atomic mass is 9.88. The van der Waals surface area contributed by atoms with Gasteiger partial charge in [-0.25, -0.2) is 4.79 Å². The van der Waals surface area contributed by atoms with E-state index in [4.69, 9.17) is 37.0 Å². The predicted octanol–water partition coefficient (Wildman–Crippen LogP) is 14.4. The number of hydrogen-bond donors (Lipinski definition) is 0. The minimum Gasteiger partial charge on any atom is -0.457 e. The van der Waals surface area contributed by atoms with Crippen molar-refractivity contribution in [1.82, 2.24) is 0 Å². The van der Waals surface area contributed by atoms with E-state index < -0.39 is 83.4 Å². The standard InChI is InChI=1S/C55H93NO13Si3/c1-17-47(68-71(21-5,22-6)23-7)42(13)52-48(63-52)39-54(15,69-72(24-8,25-9)26-10)36-27-28-40(11)51-41(12)29-34-49(64-53(59)62-45-32-30-44(31-33-45)56(60)61)55(16,66-43(14)57)37-35-46(38-50(58)65-51)67-70(18-2,19-3)20-4/h27-34,36,41-42,46-49,51-52H,17-26,35,37-39H2,1-16H3/b34-29-,36-27+,40-28+/t41-,42+,46+,47-,48+,49-,51+,52+,54-,55+/m0/s1. The molecular formula is C55H93NO13Si3. The number of non-ortho nitro benzene ring substituents is 1. The number of cyclic esters (lactones) is 1. The first-order valence-electron chi connectivity index (χ1n) is 27.2. The van der Waals surface area contributed by atoms with Crippen LogP contribution in [-0.2, 0) is 41.8 Å². The monoisotopic (exact) mass is 1060 g/mol. The van der Waals surface area contributed by atoms with Gasteiger partial charge in [-0.05, 0) is 118 Å². The van der Waals surface area contributed by atoms with Crippen LogP contribution >= 0.6 is 0 Å². The zero-order chi connectivity index (χ0) is 54.1. The Morgan fingerprint density at radius 2 is 1.46 bits per heavy atom. The molecule has 0 bridgehead atoms. The number of esters is 2. The number of rotatable bonds is 27. The number of nitro groups is 1. The van der Waals surface area contributed by atoms with E-state index in [0.717, 1.165) is 66.4 Å². The third-order valence-corrected chi connectivity index (χ3v) is 30.3. The second-order valence-corrected chi connectivity index (χ2v) is 35.0. The van der Waals surface area contributed by atoms with Crippen molar-refractivity contribution in [2.45, 2.75) is 245 Å². The van der Waals surface area contributed by atoms with Crippen LogP contribution < -0.4 is 4.74 Å². The Kier molecular flexibility index (Phi) is 24.8. The number of hydrogen-bond acceptors (Lipinski definition) is 13. The van der Waals surface area contributed by atoms with Crippen LogP contribution in [0.2, 0.25) is 54.4 Å². The molecule has 1 saturated heterocycles. The molecule has 0 saturated carbocycles. The van der Waals surface area contributed by atoms with E-state index >= 15 is 0 Å². The summed E-state index contributed by atoms with van der Waals surface area (Å²) in [4.78, 5) is 51.3. The quantitative estimate of drug-likeness (QED) is 0.00939. The van der Waals surface area contributed by atoms with Gasteiger partial charge in [-0.15, -0.1) is 0 Å². The summed E-state index contributed by atoms with van der Waals surface area (Å²) in [6.07, 6.45) is 8.36. The average Bonchev–Trinajstić information content (AvgIpc) is 4.12. The Balaban J connectivity index is 2.09. The van der Waals surface area contributed by atoms with Gasteiger partial charge in [-0.3, -0.25) is 19.7 Å². The lowest BCUT2D eigenvalue weighted by Crippen LogP contribution is -2.47. The zero-order valence-corrected chi connectivity index (χ0v) is 50.0. The molecule has 0 spiro atoms. The molecule has 17 heteroatoms. The van der Waals surface area contributed by atoms with Gasteiger partial charge in [0, 0.05) is 43.4 Å². The van der Waals surface area contributed by atoms with Crippen LogP contribution in [0.1, 0.15) is 143 Å². The summed E-state index contributed by atoms with van der Waals surface area (Å²) in [7, 11) is -6.21. The van der Waals surface area contributed by atoms with Crippen molar-refractivity contribution in [1.29, 1.82) is 0 Å². The van der Waals surface area contributed by atoms with Gasteiger partial charge in [-0.1, -0.05) is 107 Å². The summed E-state index contributed by atoms with van der Waals surface area (Å²) < 4.78 is 51.8. The van der Waals surface area contributed by atoms with Crippen molar-refractivity contribution in [2.75, 3.05) is 0 Å². The number of epoxide rings is 1. The number of nitro benzene ring substituents is 1. The number of benzene rings is 1. The van der Waals surface area contributed by atoms with Crippen LogP contribution in [0.15, 0.2) is 60.2 Å². The molecule has 2 aliphatic heterocycles. The van der Waals surface area contributed by atoms with E-state index in [0.29, 0.717) is 12.8 Å². The molecule has 0 N–H and O–H groups in total. The van der Waals surface area contributed by atoms with Gasteiger partial charge in [-0.2, -0.15) is 0 Å². The first-order valence-corrected chi connectivity index (χ1v) is 34.8. The fraction of sp³-hybridized carbons (Fsp3) is 0.727. The van der Waals surface area contributed by atoms with Crippen LogP contribution in [-0.4, -0.2) is 95.8 Å². The maximum Gasteiger partial charge on any atom is 0.514 e. The molecule has 1 aromatic rings. The SMILES string of the molecule is CC[C@H](O[Si](CC)(CC)CC)[C@@H](C)[C@H]1O[C@@H]1C[C@](C)(/C=C/C=C(\C)[C@H]1OC(=O)C[C@H](O[Si](CC)(CC)CC)CC[C@@](C)(OC(C)=O)[C@@H](OC(=O)Oc2ccc([N+](=O)[O-])cc2)/C=C\[C@@H]1C)O[Si](CC)(CC)CC. The highest BCUT2D eigenvalue weighted by molar-refractivity contribution is 6.74. The lowest BCUT2D eigenvalue weighted by Gasteiger charge is -2.39. The molecule has 0 unspecified atom stereocenters. The molecule has 2 heterocycles. The highest BCUT2D eigenvalue weighted by atomic mass is 28.4. The fourth-order valence-corrected chi connectivity index (χ4v) is 19.6. The molecule has 1 aromatic carbocycles. The van der Waals surface area contributed by atoms with Crippen molar-refractivity contribution in [3.8, 4) is 5.75 Å². The average molecular weight is 1060 g/mol. The largest absolute Gasteiger partial charge is 0.514 e. The Morgan fingerprint density at radius 3 is 1.97 bits per heavy atom. The number of allylic oxidation sites excluding steroid dienone is 2. The maximum absolute atomic E-state index is 14.2. The number of carbonyl (C=O) groups is 3. The third-order valence-electron chi connectivity index (χ3n) is 16.2. The van der Waals surface area contributed by atoms with E-state index in [1.54, 1.807) is 19.1 Å². The van der Waals surface area contributed by atoms with Crippen molar-refractivity contribution >= 4 is 48.7 Å². The van der Waals surface area contributed by atoms with Gasteiger partial charge >= 0.3 is 18.1 Å². The minimum absolute atomic E-state index is 0.0253. The Morgan fingerprint density at radius 1 is 0.889 bits per heavy atom. The molecule has 0 aliphatic carbocycles. The Bertz CT molecular complexity index is 1960. The summed E-state index contributed by atoms with van der Waals surface area (Å²) in [5, 5.41) is 11.3. The van der Waals surface area contributed by atoms with E-state index in [2.05, 4.69) is 89.2 Å². The van der Waals surface area contributed by atoms with Crippen molar-refractivity contribution < 1.29 is 56.3 Å². The molecule has 72 heavy (non-hydrogen) atoms. The Labute approximate surface area is 436 Å². The minimum atomic E-state index is -2.28. The molecule has 3 rings (SSSR count). The Hall–Kier alpha value is -3.46. The summed E-state index contributed by atoms with van der Waals surface area (Å²) in [5.41, 5.74) is -1.44. The predicted molar refractivity (Wildman–Crippen MR) is 293 cm³/mol. The lowest BCUT2D eigenvalue weighted by molar-refractivity contribution is -0.384.